The molecule has 1 saturated heterocycles. The van der Waals surface area contributed by atoms with E-state index in [1.807, 2.05) is 0 Å². The van der Waals surface area contributed by atoms with Crippen LogP contribution in [0.15, 0.2) is 18.5 Å². The third-order valence-electron chi connectivity index (χ3n) is 3.52. The van der Waals surface area contributed by atoms with Crippen LogP contribution in [0.4, 0.5) is 5.95 Å². The van der Waals surface area contributed by atoms with Crippen LogP contribution in [0.5, 0.6) is 0 Å². The fourth-order valence-electron chi connectivity index (χ4n) is 3.20. The van der Waals surface area contributed by atoms with E-state index < -0.39 is 11.8 Å². The zero-order valence-electron chi connectivity index (χ0n) is 13.4. The van der Waals surface area contributed by atoms with Crippen LogP contribution in [-0.2, 0) is 9.59 Å². The lowest BCUT2D eigenvalue weighted by Gasteiger charge is -2.46. The van der Waals surface area contributed by atoms with Gasteiger partial charge in [-0.15, -0.1) is 0 Å². The van der Waals surface area contributed by atoms with Crippen LogP contribution in [0.3, 0.4) is 0 Å². The number of amides is 2. The molecular formula is C15H23N5O2. The molecule has 22 heavy (non-hydrogen) atoms. The lowest BCUT2D eigenvalue weighted by Crippen LogP contribution is -2.62. The second-order valence-corrected chi connectivity index (χ2v) is 7.00. The molecule has 0 unspecified atom stereocenters. The molecule has 7 nitrogen and oxygen atoms in total. The van der Waals surface area contributed by atoms with Gasteiger partial charge in [-0.25, -0.2) is 9.97 Å². The Morgan fingerprint density at radius 1 is 1.09 bits per heavy atom. The largest absolute Gasteiger partial charge is 0.345 e. The summed E-state index contributed by atoms with van der Waals surface area (Å²) in [6.45, 7) is 8.35. The van der Waals surface area contributed by atoms with E-state index in [1.54, 1.807) is 6.07 Å². The van der Waals surface area contributed by atoms with Crippen LogP contribution in [0.2, 0.25) is 0 Å². The molecule has 7 heteroatoms. The Hall–Kier alpha value is -2.02. The Bertz CT molecular complexity index is 540. The number of carbonyl (C=O) groups is 2. The Morgan fingerprint density at radius 3 is 2.18 bits per heavy atom. The molecule has 0 aliphatic carbocycles. The van der Waals surface area contributed by atoms with Crippen molar-refractivity contribution in [1.29, 1.82) is 0 Å². The summed E-state index contributed by atoms with van der Waals surface area (Å²) < 4.78 is 0. The van der Waals surface area contributed by atoms with Gasteiger partial charge in [-0.3, -0.25) is 14.9 Å². The molecule has 0 radical (unpaired) electrons. The molecule has 2 rings (SSSR count). The van der Waals surface area contributed by atoms with E-state index in [4.69, 9.17) is 0 Å². The molecule has 1 aromatic rings. The smallest absolute Gasteiger partial charge is 0.316 e. The lowest BCUT2D eigenvalue weighted by molar-refractivity contribution is -0.137. The van der Waals surface area contributed by atoms with Crippen molar-refractivity contribution in [2.24, 2.45) is 0 Å². The van der Waals surface area contributed by atoms with Gasteiger partial charge in [0.25, 0.3) is 0 Å². The molecule has 3 N–H and O–H groups in total. The van der Waals surface area contributed by atoms with Gasteiger partial charge in [-0.1, -0.05) is 0 Å². The number of rotatable bonds is 2. The Kier molecular flexibility index (Phi) is 4.46. The first-order valence-corrected chi connectivity index (χ1v) is 7.35. The first kappa shape index (κ1) is 16.4. The summed E-state index contributed by atoms with van der Waals surface area (Å²) in [6.07, 6.45) is 4.52. The molecule has 1 aliphatic rings. The number of nitrogens with zero attached hydrogens (tertiary/aromatic N) is 2. The van der Waals surface area contributed by atoms with Crippen LogP contribution < -0.4 is 16.0 Å². The van der Waals surface area contributed by atoms with Gasteiger partial charge in [0.1, 0.15) is 0 Å². The average molecular weight is 305 g/mol. The molecule has 1 fully saturated rings. The lowest BCUT2D eigenvalue weighted by atomic mass is 9.79. The SMILES string of the molecule is CC1(C)CC(NC(=O)C(=O)Nc2ncccn2)CC(C)(C)N1. The highest BCUT2D eigenvalue weighted by molar-refractivity contribution is 6.39. The van der Waals surface area contributed by atoms with Crippen molar-refractivity contribution in [3.8, 4) is 0 Å². The van der Waals surface area contributed by atoms with E-state index in [9.17, 15) is 9.59 Å². The molecule has 2 amide bonds. The number of hydrogen-bond donors (Lipinski definition) is 3. The third kappa shape index (κ3) is 4.49. The van der Waals surface area contributed by atoms with Gasteiger partial charge in [0, 0.05) is 29.5 Å². The number of carbonyl (C=O) groups excluding carboxylic acids is 2. The van der Waals surface area contributed by atoms with Gasteiger partial charge in [-0.2, -0.15) is 0 Å². The molecule has 0 aromatic carbocycles. The van der Waals surface area contributed by atoms with E-state index in [1.165, 1.54) is 12.4 Å². The number of anilines is 1. The minimum absolute atomic E-state index is 0.0545. The normalized spacial score (nSPS) is 20.2. The van der Waals surface area contributed by atoms with Gasteiger partial charge >= 0.3 is 11.8 Å². The van der Waals surface area contributed by atoms with Crippen LogP contribution in [0, 0.1) is 0 Å². The number of aromatic nitrogens is 2. The predicted octanol–water partition coefficient (Wildman–Crippen LogP) is 0.840. The monoisotopic (exact) mass is 305 g/mol. The summed E-state index contributed by atoms with van der Waals surface area (Å²) in [6, 6.07) is 1.58. The van der Waals surface area contributed by atoms with Crippen molar-refractivity contribution in [2.75, 3.05) is 5.32 Å². The van der Waals surface area contributed by atoms with Crippen molar-refractivity contribution in [3.63, 3.8) is 0 Å². The average Bonchev–Trinajstić information content (AvgIpc) is 2.35. The predicted molar refractivity (Wildman–Crippen MR) is 83.1 cm³/mol. The van der Waals surface area contributed by atoms with Gasteiger partial charge in [0.15, 0.2) is 0 Å². The van der Waals surface area contributed by atoms with Crippen molar-refractivity contribution in [3.05, 3.63) is 18.5 Å². The van der Waals surface area contributed by atoms with Gasteiger partial charge < -0.3 is 10.6 Å². The fraction of sp³-hybridized carbons (Fsp3) is 0.600. The summed E-state index contributed by atoms with van der Waals surface area (Å²) >= 11 is 0. The maximum atomic E-state index is 12.0. The summed E-state index contributed by atoms with van der Waals surface area (Å²) in [7, 11) is 0. The second-order valence-electron chi connectivity index (χ2n) is 7.00. The molecular weight excluding hydrogens is 282 g/mol. The van der Waals surface area contributed by atoms with E-state index in [-0.39, 0.29) is 23.1 Å². The molecule has 0 atom stereocenters. The molecule has 0 bridgehead atoms. The molecule has 0 spiro atoms. The first-order chi connectivity index (χ1) is 10.2. The van der Waals surface area contributed by atoms with Gasteiger partial charge in [-0.05, 0) is 46.6 Å². The van der Waals surface area contributed by atoms with Gasteiger partial charge in [0.2, 0.25) is 5.95 Å². The summed E-state index contributed by atoms with van der Waals surface area (Å²) in [5.41, 5.74) is -0.197. The van der Waals surface area contributed by atoms with Crippen molar-refractivity contribution < 1.29 is 9.59 Å². The summed E-state index contributed by atoms with van der Waals surface area (Å²) in [4.78, 5) is 31.7. The maximum Gasteiger partial charge on any atom is 0.316 e. The molecule has 1 aliphatic heterocycles. The summed E-state index contributed by atoms with van der Waals surface area (Å²) in [5, 5.41) is 8.72. The highest BCUT2D eigenvalue weighted by Gasteiger charge is 2.38. The highest BCUT2D eigenvalue weighted by Crippen LogP contribution is 2.28. The van der Waals surface area contributed by atoms with Crippen molar-refractivity contribution in [1.82, 2.24) is 20.6 Å². The number of piperidine rings is 1. The van der Waals surface area contributed by atoms with Crippen LogP contribution >= 0.6 is 0 Å². The first-order valence-electron chi connectivity index (χ1n) is 7.35. The van der Waals surface area contributed by atoms with E-state index in [0.717, 1.165) is 12.8 Å². The standard InChI is InChI=1S/C15H23N5O2/c1-14(2)8-10(9-15(3,4)20-14)18-11(21)12(22)19-13-16-6-5-7-17-13/h5-7,10,20H,8-9H2,1-4H3,(H,18,21)(H,16,17,19,22). The fourth-order valence-corrected chi connectivity index (χ4v) is 3.20. The Balaban J connectivity index is 1.95. The topological polar surface area (TPSA) is 96.0 Å². The quantitative estimate of drug-likeness (QED) is 0.704. The van der Waals surface area contributed by atoms with Crippen LogP contribution in [0.1, 0.15) is 40.5 Å². The Morgan fingerprint density at radius 2 is 1.64 bits per heavy atom. The van der Waals surface area contributed by atoms with E-state index >= 15 is 0 Å². The highest BCUT2D eigenvalue weighted by atomic mass is 16.2. The molecule has 120 valence electrons. The second kappa shape index (κ2) is 6.00. The van der Waals surface area contributed by atoms with Crippen LogP contribution in [0.25, 0.3) is 0 Å². The van der Waals surface area contributed by atoms with Crippen molar-refractivity contribution in [2.45, 2.75) is 57.7 Å². The van der Waals surface area contributed by atoms with Gasteiger partial charge in [0.05, 0.1) is 0 Å². The number of hydrogen-bond acceptors (Lipinski definition) is 5. The third-order valence-corrected chi connectivity index (χ3v) is 3.52. The number of nitrogens with one attached hydrogen (secondary N) is 3. The zero-order chi connectivity index (χ0) is 16.4. The molecule has 2 heterocycles. The molecule has 1 aromatic heterocycles. The van der Waals surface area contributed by atoms with E-state index in [2.05, 4.69) is 53.6 Å². The molecule has 0 saturated carbocycles. The van der Waals surface area contributed by atoms with Crippen molar-refractivity contribution >= 4 is 17.8 Å². The van der Waals surface area contributed by atoms with Crippen LogP contribution in [-0.4, -0.2) is 38.9 Å². The minimum atomic E-state index is -0.750. The Labute approximate surface area is 130 Å². The van der Waals surface area contributed by atoms with E-state index in [0.29, 0.717) is 0 Å². The summed E-state index contributed by atoms with van der Waals surface area (Å²) in [5.74, 6) is -1.29. The zero-order valence-corrected chi connectivity index (χ0v) is 13.4. The minimum Gasteiger partial charge on any atom is -0.345 e. The maximum absolute atomic E-state index is 12.0.